The van der Waals surface area contributed by atoms with Gasteiger partial charge in [0.25, 0.3) is 0 Å². The molecule has 0 bridgehead atoms. The summed E-state index contributed by atoms with van der Waals surface area (Å²) in [6, 6.07) is 12.7. The number of nitrogens with one attached hydrogen (secondary N) is 1. The van der Waals surface area contributed by atoms with Crippen LogP contribution in [0.2, 0.25) is 0 Å². The van der Waals surface area contributed by atoms with Crippen LogP contribution in [0.4, 0.5) is 5.69 Å². The van der Waals surface area contributed by atoms with Crippen molar-refractivity contribution in [3.63, 3.8) is 0 Å². The fraction of sp³-hybridized carbons (Fsp3) is 0.188. The lowest BCUT2D eigenvalue weighted by atomic mass is 10.1. The molecular formula is C16H17N5. The van der Waals surface area contributed by atoms with Gasteiger partial charge in [-0.05, 0) is 31.5 Å². The highest BCUT2D eigenvalue weighted by Gasteiger charge is 2.06. The van der Waals surface area contributed by atoms with E-state index in [1.165, 1.54) is 17.5 Å². The van der Waals surface area contributed by atoms with Crippen molar-refractivity contribution < 1.29 is 0 Å². The molecule has 2 aromatic heterocycles. The molecule has 1 N–H and O–H groups in total. The highest BCUT2D eigenvalue weighted by molar-refractivity contribution is 5.45. The molecule has 0 aliphatic rings. The molecule has 1 aromatic carbocycles. The van der Waals surface area contributed by atoms with Gasteiger partial charge in [0.05, 0.1) is 11.9 Å². The van der Waals surface area contributed by atoms with Gasteiger partial charge in [0.15, 0.2) is 5.82 Å². The summed E-state index contributed by atoms with van der Waals surface area (Å²) < 4.78 is 1.63. The Morgan fingerprint density at radius 1 is 1.10 bits per heavy atom. The van der Waals surface area contributed by atoms with E-state index in [0.717, 1.165) is 11.5 Å². The van der Waals surface area contributed by atoms with Gasteiger partial charge in [0.2, 0.25) is 0 Å². The molecule has 0 saturated carbocycles. The van der Waals surface area contributed by atoms with E-state index in [4.69, 9.17) is 0 Å². The fourth-order valence-electron chi connectivity index (χ4n) is 2.12. The highest BCUT2D eigenvalue weighted by atomic mass is 15.3. The maximum Gasteiger partial charge on any atom is 0.155 e. The predicted octanol–water partition coefficient (Wildman–Crippen LogP) is 3.14. The summed E-state index contributed by atoms with van der Waals surface area (Å²) in [5.41, 5.74) is 3.50. The van der Waals surface area contributed by atoms with Gasteiger partial charge in [-0.25, -0.2) is 14.6 Å². The number of benzene rings is 1. The van der Waals surface area contributed by atoms with Gasteiger partial charge >= 0.3 is 0 Å². The van der Waals surface area contributed by atoms with Crippen molar-refractivity contribution in [1.82, 2.24) is 19.7 Å². The number of aromatic nitrogens is 4. The third kappa shape index (κ3) is 3.08. The van der Waals surface area contributed by atoms with Crippen molar-refractivity contribution in [2.24, 2.45) is 0 Å². The van der Waals surface area contributed by atoms with Gasteiger partial charge in [0.1, 0.15) is 12.7 Å². The van der Waals surface area contributed by atoms with E-state index in [0.29, 0.717) is 0 Å². The lowest BCUT2D eigenvalue weighted by Crippen LogP contribution is -2.07. The maximum atomic E-state index is 4.38. The first-order valence-corrected chi connectivity index (χ1v) is 6.86. The van der Waals surface area contributed by atoms with Crippen molar-refractivity contribution in [3.05, 3.63) is 66.4 Å². The van der Waals surface area contributed by atoms with E-state index < -0.39 is 0 Å². The summed E-state index contributed by atoms with van der Waals surface area (Å²) in [5.74, 6) is 0.751. The molecule has 0 radical (unpaired) electrons. The number of anilines is 1. The standard InChI is InChI=1S/C16H17N5/c1-12-3-5-14(6-4-12)13(2)20-15-7-8-16(18-9-15)21-11-17-10-19-21/h3-11,13,20H,1-2H3. The third-order valence-electron chi connectivity index (χ3n) is 3.36. The SMILES string of the molecule is Cc1ccc(C(C)Nc2ccc(-n3cncn3)nc2)cc1. The summed E-state index contributed by atoms with van der Waals surface area (Å²) >= 11 is 0. The summed E-state index contributed by atoms with van der Waals surface area (Å²) in [4.78, 5) is 8.29. The first-order valence-electron chi connectivity index (χ1n) is 6.86. The topological polar surface area (TPSA) is 55.6 Å². The zero-order valence-corrected chi connectivity index (χ0v) is 12.1. The summed E-state index contributed by atoms with van der Waals surface area (Å²) in [5, 5.41) is 7.50. The number of hydrogen-bond acceptors (Lipinski definition) is 4. The van der Waals surface area contributed by atoms with Crippen molar-refractivity contribution in [3.8, 4) is 5.82 Å². The summed E-state index contributed by atoms with van der Waals surface area (Å²) in [6.45, 7) is 4.23. The van der Waals surface area contributed by atoms with Gasteiger partial charge in [-0.2, -0.15) is 5.10 Å². The molecule has 0 fully saturated rings. The molecule has 3 rings (SSSR count). The fourth-order valence-corrected chi connectivity index (χ4v) is 2.12. The van der Waals surface area contributed by atoms with Crippen LogP contribution in [0, 0.1) is 6.92 Å². The van der Waals surface area contributed by atoms with Gasteiger partial charge in [0, 0.05) is 6.04 Å². The van der Waals surface area contributed by atoms with Crippen LogP contribution in [0.5, 0.6) is 0 Å². The largest absolute Gasteiger partial charge is 0.377 e. The molecule has 5 nitrogen and oxygen atoms in total. The Bertz CT molecular complexity index is 687. The van der Waals surface area contributed by atoms with Crippen LogP contribution >= 0.6 is 0 Å². The van der Waals surface area contributed by atoms with E-state index >= 15 is 0 Å². The zero-order chi connectivity index (χ0) is 14.7. The second kappa shape index (κ2) is 5.75. The monoisotopic (exact) mass is 279 g/mol. The van der Waals surface area contributed by atoms with Crippen LogP contribution in [0.1, 0.15) is 24.1 Å². The molecule has 0 saturated heterocycles. The van der Waals surface area contributed by atoms with Gasteiger partial charge < -0.3 is 5.32 Å². The van der Waals surface area contributed by atoms with E-state index in [1.807, 2.05) is 18.3 Å². The van der Waals surface area contributed by atoms with E-state index in [9.17, 15) is 0 Å². The predicted molar refractivity (Wildman–Crippen MR) is 82.4 cm³/mol. The number of rotatable bonds is 4. The number of nitrogens with zero attached hydrogens (tertiary/aromatic N) is 4. The smallest absolute Gasteiger partial charge is 0.155 e. The van der Waals surface area contributed by atoms with Crippen LogP contribution < -0.4 is 5.32 Å². The molecule has 3 aromatic rings. The molecule has 2 heterocycles. The Morgan fingerprint density at radius 3 is 2.52 bits per heavy atom. The highest BCUT2D eigenvalue weighted by Crippen LogP contribution is 2.19. The van der Waals surface area contributed by atoms with Crippen LogP contribution in [0.25, 0.3) is 5.82 Å². The zero-order valence-electron chi connectivity index (χ0n) is 12.1. The molecular weight excluding hydrogens is 262 g/mol. The minimum absolute atomic E-state index is 0.227. The average molecular weight is 279 g/mol. The molecule has 5 heteroatoms. The molecule has 106 valence electrons. The van der Waals surface area contributed by atoms with Crippen LogP contribution in [-0.4, -0.2) is 19.7 Å². The van der Waals surface area contributed by atoms with Crippen molar-refractivity contribution in [1.29, 1.82) is 0 Å². The van der Waals surface area contributed by atoms with Crippen molar-refractivity contribution >= 4 is 5.69 Å². The van der Waals surface area contributed by atoms with E-state index in [-0.39, 0.29) is 6.04 Å². The number of pyridine rings is 1. The quantitative estimate of drug-likeness (QED) is 0.797. The first kappa shape index (κ1) is 13.3. The van der Waals surface area contributed by atoms with Crippen molar-refractivity contribution in [2.75, 3.05) is 5.32 Å². The third-order valence-corrected chi connectivity index (χ3v) is 3.36. The van der Waals surface area contributed by atoms with E-state index in [1.54, 1.807) is 11.0 Å². The summed E-state index contributed by atoms with van der Waals surface area (Å²) in [7, 11) is 0. The normalized spacial score (nSPS) is 12.1. The Balaban J connectivity index is 1.71. The maximum absolute atomic E-state index is 4.38. The lowest BCUT2D eigenvalue weighted by Gasteiger charge is -2.16. The molecule has 0 aliphatic carbocycles. The molecule has 21 heavy (non-hydrogen) atoms. The Kier molecular flexibility index (Phi) is 3.64. The van der Waals surface area contributed by atoms with Crippen molar-refractivity contribution in [2.45, 2.75) is 19.9 Å². The average Bonchev–Trinajstić information content (AvgIpc) is 3.03. The van der Waals surface area contributed by atoms with Crippen LogP contribution in [0.3, 0.4) is 0 Å². The Hall–Kier alpha value is -2.69. The molecule has 0 aliphatic heterocycles. The second-order valence-electron chi connectivity index (χ2n) is 5.02. The Morgan fingerprint density at radius 2 is 1.90 bits per heavy atom. The van der Waals surface area contributed by atoms with E-state index in [2.05, 4.69) is 58.5 Å². The minimum atomic E-state index is 0.227. The Labute approximate surface area is 123 Å². The number of hydrogen-bond donors (Lipinski definition) is 1. The summed E-state index contributed by atoms with van der Waals surface area (Å²) in [6.07, 6.45) is 4.93. The molecule has 0 amide bonds. The van der Waals surface area contributed by atoms with Crippen LogP contribution in [-0.2, 0) is 0 Å². The molecule has 1 atom stereocenters. The second-order valence-corrected chi connectivity index (χ2v) is 5.02. The lowest BCUT2D eigenvalue weighted by molar-refractivity contribution is 0.841. The number of aryl methyl sites for hydroxylation is 1. The van der Waals surface area contributed by atoms with Gasteiger partial charge in [-0.1, -0.05) is 29.8 Å². The van der Waals surface area contributed by atoms with Gasteiger partial charge in [-0.3, -0.25) is 0 Å². The molecule has 1 unspecified atom stereocenters. The molecule has 0 spiro atoms. The minimum Gasteiger partial charge on any atom is -0.377 e. The first-order chi connectivity index (χ1) is 10.2. The van der Waals surface area contributed by atoms with Gasteiger partial charge in [-0.15, -0.1) is 0 Å². The van der Waals surface area contributed by atoms with Crippen LogP contribution in [0.15, 0.2) is 55.2 Å².